The van der Waals surface area contributed by atoms with E-state index in [1.165, 1.54) is 5.56 Å². The molecule has 0 spiro atoms. The van der Waals surface area contributed by atoms with Crippen molar-refractivity contribution in [1.82, 2.24) is 9.88 Å². The molecule has 1 amide bonds. The van der Waals surface area contributed by atoms with Gasteiger partial charge in [-0.25, -0.2) is 4.98 Å². The van der Waals surface area contributed by atoms with Gasteiger partial charge in [0, 0.05) is 36.3 Å². The molecule has 0 saturated carbocycles. The molecule has 4 rings (SSSR count). The van der Waals surface area contributed by atoms with Crippen LogP contribution in [0, 0.1) is 0 Å². The van der Waals surface area contributed by atoms with Gasteiger partial charge in [-0.1, -0.05) is 56.3 Å². The molecule has 0 bridgehead atoms. The van der Waals surface area contributed by atoms with Crippen molar-refractivity contribution in [2.45, 2.75) is 32.7 Å². The minimum atomic E-state index is -0.0363. The number of morpholine rings is 1. The number of ether oxygens (including phenoxy) is 1. The number of para-hydroxylation sites is 1. The van der Waals surface area contributed by atoms with E-state index in [1.807, 2.05) is 23.6 Å². The van der Waals surface area contributed by atoms with Gasteiger partial charge < -0.3 is 10.1 Å². The maximum atomic E-state index is 12.6. The van der Waals surface area contributed by atoms with Gasteiger partial charge in [-0.05, 0) is 23.1 Å². The normalized spacial score (nSPS) is 14.7. The first-order chi connectivity index (χ1) is 15.1. The molecule has 0 radical (unpaired) electrons. The Morgan fingerprint density at radius 3 is 2.61 bits per heavy atom. The van der Waals surface area contributed by atoms with Crippen LogP contribution in [0.1, 0.15) is 36.6 Å². The summed E-state index contributed by atoms with van der Waals surface area (Å²) in [6.45, 7) is 8.81. The maximum absolute atomic E-state index is 12.6. The number of hydrogen-bond donors (Lipinski definition) is 1. The summed E-state index contributed by atoms with van der Waals surface area (Å²) in [4.78, 5) is 19.7. The minimum Gasteiger partial charge on any atom is -0.379 e. The lowest BCUT2D eigenvalue weighted by molar-refractivity contribution is -0.115. The second-order valence-electron chi connectivity index (χ2n) is 8.20. The van der Waals surface area contributed by atoms with Crippen molar-refractivity contribution in [2.75, 3.05) is 31.6 Å². The van der Waals surface area contributed by atoms with Gasteiger partial charge in [0.1, 0.15) is 5.01 Å². The largest absolute Gasteiger partial charge is 0.379 e. The SMILES string of the molecule is CC(C)c1ccccc1NC(=O)Cc1csc(-c2ccc(CN3CCOCC3)cc2)n1. The Kier molecular flexibility index (Phi) is 7.12. The van der Waals surface area contributed by atoms with Gasteiger partial charge in [0.15, 0.2) is 0 Å². The number of thiazole rings is 1. The maximum Gasteiger partial charge on any atom is 0.230 e. The van der Waals surface area contributed by atoms with Crippen molar-refractivity contribution in [3.63, 3.8) is 0 Å². The lowest BCUT2D eigenvalue weighted by Gasteiger charge is -2.26. The van der Waals surface area contributed by atoms with E-state index in [2.05, 4.69) is 54.4 Å². The molecule has 162 valence electrons. The zero-order chi connectivity index (χ0) is 21.6. The average Bonchev–Trinajstić information content (AvgIpc) is 3.23. The Hall–Kier alpha value is -2.54. The lowest BCUT2D eigenvalue weighted by atomic mass is 10.0. The highest BCUT2D eigenvalue weighted by molar-refractivity contribution is 7.13. The van der Waals surface area contributed by atoms with Crippen LogP contribution in [0.5, 0.6) is 0 Å². The third-order valence-electron chi connectivity index (χ3n) is 5.46. The third-order valence-corrected chi connectivity index (χ3v) is 6.40. The molecule has 1 fully saturated rings. The lowest BCUT2D eigenvalue weighted by Crippen LogP contribution is -2.35. The van der Waals surface area contributed by atoms with Gasteiger partial charge in [-0.2, -0.15) is 0 Å². The number of amides is 1. The van der Waals surface area contributed by atoms with Crippen LogP contribution in [0.4, 0.5) is 5.69 Å². The Morgan fingerprint density at radius 1 is 1.13 bits per heavy atom. The molecule has 1 aromatic heterocycles. The van der Waals surface area contributed by atoms with Crippen LogP contribution >= 0.6 is 11.3 Å². The van der Waals surface area contributed by atoms with Crippen molar-refractivity contribution in [3.8, 4) is 10.6 Å². The molecule has 1 N–H and O–H groups in total. The number of carbonyl (C=O) groups excluding carboxylic acids is 1. The molecule has 3 aromatic rings. The van der Waals surface area contributed by atoms with Gasteiger partial charge in [-0.15, -0.1) is 11.3 Å². The highest BCUT2D eigenvalue weighted by Gasteiger charge is 2.13. The molecule has 31 heavy (non-hydrogen) atoms. The zero-order valence-corrected chi connectivity index (χ0v) is 19.0. The molecule has 5 nitrogen and oxygen atoms in total. The Morgan fingerprint density at radius 2 is 1.87 bits per heavy atom. The molecule has 1 saturated heterocycles. The first-order valence-electron chi connectivity index (χ1n) is 10.8. The van der Waals surface area contributed by atoms with E-state index >= 15 is 0 Å². The van der Waals surface area contributed by atoms with Crippen molar-refractivity contribution in [2.24, 2.45) is 0 Å². The fourth-order valence-corrected chi connectivity index (χ4v) is 4.59. The van der Waals surface area contributed by atoms with Crippen LogP contribution in [0.2, 0.25) is 0 Å². The molecule has 0 aliphatic carbocycles. The number of anilines is 1. The van der Waals surface area contributed by atoms with E-state index < -0.39 is 0 Å². The van der Waals surface area contributed by atoms with Crippen LogP contribution in [0.15, 0.2) is 53.9 Å². The molecule has 2 heterocycles. The fourth-order valence-electron chi connectivity index (χ4n) is 3.76. The number of nitrogens with zero attached hydrogens (tertiary/aromatic N) is 2. The predicted molar refractivity (Wildman–Crippen MR) is 127 cm³/mol. The molecule has 2 aromatic carbocycles. The number of aromatic nitrogens is 1. The number of nitrogens with one attached hydrogen (secondary N) is 1. The summed E-state index contributed by atoms with van der Waals surface area (Å²) in [7, 11) is 0. The number of rotatable bonds is 7. The molecular weight excluding hydrogens is 406 g/mol. The quantitative estimate of drug-likeness (QED) is 0.571. The first kappa shape index (κ1) is 21.7. The van der Waals surface area contributed by atoms with Gasteiger partial charge >= 0.3 is 0 Å². The van der Waals surface area contributed by atoms with Crippen molar-refractivity contribution in [1.29, 1.82) is 0 Å². The monoisotopic (exact) mass is 435 g/mol. The Balaban J connectivity index is 1.36. The third kappa shape index (κ3) is 5.79. The summed E-state index contributed by atoms with van der Waals surface area (Å²) in [5, 5.41) is 5.97. The molecule has 1 aliphatic heterocycles. The van der Waals surface area contributed by atoms with Crippen LogP contribution < -0.4 is 5.32 Å². The number of benzene rings is 2. The Labute approximate surface area is 188 Å². The van der Waals surface area contributed by atoms with E-state index in [0.29, 0.717) is 5.92 Å². The van der Waals surface area contributed by atoms with Crippen LogP contribution in [0.25, 0.3) is 10.6 Å². The van der Waals surface area contributed by atoms with E-state index in [1.54, 1.807) is 11.3 Å². The van der Waals surface area contributed by atoms with E-state index in [9.17, 15) is 4.79 Å². The zero-order valence-electron chi connectivity index (χ0n) is 18.1. The number of carbonyl (C=O) groups is 1. The standard InChI is InChI=1S/C25H29N3O2S/c1-18(2)22-5-3-4-6-23(22)27-24(29)15-21-17-31-25(26-21)20-9-7-19(8-10-20)16-28-11-13-30-14-12-28/h3-10,17-18H,11-16H2,1-2H3,(H,27,29). The van der Waals surface area contributed by atoms with Crippen molar-refractivity contribution < 1.29 is 9.53 Å². The summed E-state index contributed by atoms with van der Waals surface area (Å²) in [6.07, 6.45) is 0.276. The fraction of sp³-hybridized carbons (Fsp3) is 0.360. The van der Waals surface area contributed by atoms with E-state index in [4.69, 9.17) is 9.72 Å². The van der Waals surface area contributed by atoms with E-state index in [0.717, 1.165) is 60.4 Å². The second kappa shape index (κ2) is 10.2. The smallest absolute Gasteiger partial charge is 0.230 e. The molecule has 0 unspecified atom stereocenters. The molecule has 0 atom stereocenters. The minimum absolute atomic E-state index is 0.0363. The topological polar surface area (TPSA) is 54.5 Å². The average molecular weight is 436 g/mol. The second-order valence-corrected chi connectivity index (χ2v) is 9.05. The summed E-state index contributed by atoms with van der Waals surface area (Å²) in [6, 6.07) is 16.6. The molecule has 1 aliphatic rings. The number of hydrogen-bond acceptors (Lipinski definition) is 5. The van der Waals surface area contributed by atoms with Crippen LogP contribution in [0.3, 0.4) is 0 Å². The summed E-state index contributed by atoms with van der Waals surface area (Å²) in [5.74, 6) is 0.319. The van der Waals surface area contributed by atoms with Crippen LogP contribution in [-0.2, 0) is 22.5 Å². The highest BCUT2D eigenvalue weighted by atomic mass is 32.1. The summed E-state index contributed by atoms with van der Waals surface area (Å²) < 4.78 is 5.42. The van der Waals surface area contributed by atoms with Gasteiger partial charge in [-0.3, -0.25) is 9.69 Å². The van der Waals surface area contributed by atoms with Gasteiger partial charge in [0.2, 0.25) is 5.91 Å². The summed E-state index contributed by atoms with van der Waals surface area (Å²) in [5.41, 5.74) is 5.22. The first-order valence-corrected chi connectivity index (χ1v) is 11.7. The van der Waals surface area contributed by atoms with Crippen LogP contribution in [-0.4, -0.2) is 42.1 Å². The van der Waals surface area contributed by atoms with E-state index in [-0.39, 0.29) is 12.3 Å². The predicted octanol–water partition coefficient (Wildman–Crippen LogP) is 4.95. The Bertz CT molecular complexity index is 1010. The van der Waals surface area contributed by atoms with Crippen molar-refractivity contribution in [3.05, 3.63) is 70.7 Å². The van der Waals surface area contributed by atoms with Gasteiger partial charge in [0.25, 0.3) is 0 Å². The molecule has 6 heteroatoms. The van der Waals surface area contributed by atoms with Crippen molar-refractivity contribution >= 4 is 22.9 Å². The highest BCUT2D eigenvalue weighted by Crippen LogP contribution is 2.26. The molecular formula is C25H29N3O2S. The van der Waals surface area contributed by atoms with Gasteiger partial charge in [0.05, 0.1) is 25.3 Å². The summed E-state index contributed by atoms with van der Waals surface area (Å²) >= 11 is 1.58.